The van der Waals surface area contributed by atoms with Crippen molar-refractivity contribution in [3.8, 4) is 0 Å². The molecule has 23 heavy (non-hydrogen) atoms. The Morgan fingerprint density at radius 2 is 2.04 bits per heavy atom. The molecule has 2 fully saturated rings. The summed E-state index contributed by atoms with van der Waals surface area (Å²) in [7, 11) is 0. The highest BCUT2D eigenvalue weighted by Gasteiger charge is 2.28. The van der Waals surface area contributed by atoms with E-state index >= 15 is 0 Å². The van der Waals surface area contributed by atoms with Gasteiger partial charge in [-0.05, 0) is 37.5 Å². The van der Waals surface area contributed by atoms with Crippen LogP contribution in [0.2, 0.25) is 5.02 Å². The normalized spacial score (nSPS) is 23.0. The van der Waals surface area contributed by atoms with Gasteiger partial charge in [-0.3, -0.25) is 9.59 Å². The average molecular weight is 360 g/mol. The first kappa shape index (κ1) is 18.0. The third-order valence-electron chi connectivity index (χ3n) is 3.82. The first-order chi connectivity index (χ1) is 10.5. The number of β-amino-alcohol motifs (C(OH)–C–C–N with tert-alkyl or cyclic N) is 1. The number of aliphatic hydroxyl groups excluding tert-OH is 1. The van der Waals surface area contributed by atoms with Gasteiger partial charge in [0.2, 0.25) is 5.91 Å². The minimum absolute atomic E-state index is 0. The molecule has 0 radical (unpaired) electrons. The van der Waals surface area contributed by atoms with Crippen molar-refractivity contribution < 1.29 is 14.7 Å². The molecule has 1 aliphatic carbocycles. The van der Waals surface area contributed by atoms with Crippen molar-refractivity contribution >= 4 is 41.5 Å². The maximum atomic E-state index is 12.1. The lowest BCUT2D eigenvalue weighted by molar-refractivity contribution is -0.117. The molecule has 1 saturated carbocycles. The van der Waals surface area contributed by atoms with Crippen molar-refractivity contribution in [1.82, 2.24) is 10.6 Å². The number of hydrogen-bond donors (Lipinski definition) is 4. The van der Waals surface area contributed by atoms with Crippen LogP contribution in [-0.2, 0) is 4.79 Å². The van der Waals surface area contributed by atoms with E-state index in [0.717, 1.165) is 12.8 Å². The van der Waals surface area contributed by atoms with Gasteiger partial charge in [0.25, 0.3) is 5.91 Å². The highest BCUT2D eigenvalue weighted by Crippen LogP contribution is 2.24. The molecular weight excluding hydrogens is 341 g/mol. The number of amides is 2. The molecule has 2 unspecified atom stereocenters. The highest BCUT2D eigenvalue weighted by atomic mass is 35.5. The van der Waals surface area contributed by atoms with Crippen LogP contribution < -0.4 is 16.0 Å². The molecule has 6 nitrogen and oxygen atoms in total. The fourth-order valence-electron chi connectivity index (χ4n) is 2.41. The summed E-state index contributed by atoms with van der Waals surface area (Å²) in [5, 5.41) is 18.4. The summed E-state index contributed by atoms with van der Waals surface area (Å²) in [5.41, 5.74) is 0.865. The Morgan fingerprint density at radius 3 is 2.65 bits per heavy atom. The summed E-state index contributed by atoms with van der Waals surface area (Å²) >= 11 is 6.06. The van der Waals surface area contributed by atoms with Crippen molar-refractivity contribution in [2.45, 2.75) is 37.5 Å². The Morgan fingerprint density at radius 1 is 1.30 bits per heavy atom. The summed E-state index contributed by atoms with van der Waals surface area (Å²) in [6.45, 7) is 0.410. The molecule has 0 bridgehead atoms. The first-order valence-electron chi connectivity index (χ1n) is 7.35. The standard InChI is InChI=1S/C15H18ClN3O3.ClH/c16-12-4-3-9(5-11(12)14(21)18-8-1-2-8)19-15(22)13-6-10(20)7-17-13;/h3-5,8,10,13,17,20H,1-2,6-7H2,(H,18,21)(H,19,22);1H. The van der Waals surface area contributed by atoms with Gasteiger partial charge < -0.3 is 21.1 Å². The summed E-state index contributed by atoms with van der Waals surface area (Å²) in [4.78, 5) is 24.2. The minimum atomic E-state index is -0.499. The summed E-state index contributed by atoms with van der Waals surface area (Å²) in [5.74, 6) is -0.453. The van der Waals surface area contributed by atoms with Crippen LogP contribution in [0, 0.1) is 0 Å². The SMILES string of the molecule is Cl.O=C(NC1CC1)c1cc(NC(=O)C2CC(O)CN2)ccc1Cl. The highest BCUT2D eigenvalue weighted by molar-refractivity contribution is 6.34. The van der Waals surface area contributed by atoms with Crippen molar-refractivity contribution in [3.63, 3.8) is 0 Å². The van der Waals surface area contributed by atoms with E-state index in [1.165, 1.54) is 0 Å². The van der Waals surface area contributed by atoms with Gasteiger partial charge in [0.15, 0.2) is 0 Å². The van der Waals surface area contributed by atoms with Crippen LogP contribution in [0.4, 0.5) is 5.69 Å². The zero-order valence-corrected chi connectivity index (χ0v) is 13.9. The molecular formula is C15H19Cl2N3O3. The van der Waals surface area contributed by atoms with E-state index in [-0.39, 0.29) is 30.3 Å². The zero-order chi connectivity index (χ0) is 15.7. The fourth-order valence-corrected chi connectivity index (χ4v) is 2.62. The summed E-state index contributed by atoms with van der Waals surface area (Å²) in [6.07, 6.45) is 1.88. The number of nitrogens with one attached hydrogen (secondary N) is 3. The van der Waals surface area contributed by atoms with Crippen molar-refractivity contribution in [1.29, 1.82) is 0 Å². The monoisotopic (exact) mass is 359 g/mol. The summed E-state index contributed by atoms with van der Waals surface area (Å²) < 4.78 is 0. The van der Waals surface area contributed by atoms with E-state index in [4.69, 9.17) is 11.6 Å². The van der Waals surface area contributed by atoms with Gasteiger partial charge in [0, 0.05) is 18.3 Å². The number of carbonyl (C=O) groups excluding carboxylic acids is 2. The molecule has 126 valence electrons. The number of carbonyl (C=O) groups is 2. The lowest BCUT2D eigenvalue weighted by Crippen LogP contribution is -2.35. The fraction of sp³-hybridized carbons (Fsp3) is 0.467. The van der Waals surface area contributed by atoms with Crippen LogP contribution in [0.1, 0.15) is 29.6 Å². The molecule has 1 aromatic rings. The van der Waals surface area contributed by atoms with E-state index in [1.54, 1.807) is 18.2 Å². The van der Waals surface area contributed by atoms with Gasteiger partial charge in [0.1, 0.15) is 0 Å². The minimum Gasteiger partial charge on any atom is -0.392 e. The Kier molecular flexibility index (Phi) is 5.86. The van der Waals surface area contributed by atoms with Gasteiger partial charge in [0.05, 0.1) is 22.7 Å². The van der Waals surface area contributed by atoms with E-state index in [2.05, 4.69) is 16.0 Å². The number of hydrogen-bond acceptors (Lipinski definition) is 4. The van der Waals surface area contributed by atoms with E-state index in [9.17, 15) is 14.7 Å². The number of anilines is 1. The molecule has 8 heteroatoms. The Hall–Kier alpha value is -1.34. The average Bonchev–Trinajstić information content (AvgIpc) is 3.18. The molecule has 1 aromatic carbocycles. The second-order valence-electron chi connectivity index (χ2n) is 5.78. The van der Waals surface area contributed by atoms with Gasteiger partial charge in [-0.15, -0.1) is 12.4 Å². The third-order valence-corrected chi connectivity index (χ3v) is 4.14. The molecule has 1 aliphatic heterocycles. The number of halogens is 2. The van der Waals surface area contributed by atoms with Crippen LogP contribution in [0.25, 0.3) is 0 Å². The van der Waals surface area contributed by atoms with Crippen LogP contribution in [-0.4, -0.2) is 41.7 Å². The largest absolute Gasteiger partial charge is 0.392 e. The number of rotatable bonds is 4. The molecule has 1 saturated heterocycles. The van der Waals surface area contributed by atoms with Gasteiger partial charge in [-0.2, -0.15) is 0 Å². The molecule has 3 rings (SSSR count). The number of aliphatic hydroxyl groups is 1. The Balaban J connectivity index is 0.00000192. The molecule has 4 N–H and O–H groups in total. The van der Waals surface area contributed by atoms with Crippen LogP contribution in [0.5, 0.6) is 0 Å². The van der Waals surface area contributed by atoms with Crippen molar-refractivity contribution in [2.75, 3.05) is 11.9 Å². The molecule has 0 aromatic heterocycles. The molecule has 0 spiro atoms. The van der Waals surface area contributed by atoms with Gasteiger partial charge >= 0.3 is 0 Å². The van der Waals surface area contributed by atoms with E-state index in [0.29, 0.717) is 29.2 Å². The van der Waals surface area contributed by atoms with Crippen LogP contribution in [0.15, 0.2) is 18.2 Å². The Labute approximate surface area is 145 Å². The maximum absolute atomic E-state index is 12.1. The van der Waals surface area contributed by atoms with E-state index < -0.39 is 12.1 Å². The van der Waals surface area contributed by atoms with Crippen LogP contribution >= 0.6 is 24.0 Å². The molecule has 2 atom stereocenters. The predicted octanol–water partition coefficient (Wildman–Crippen LogP) is 1.32. The molecule has 2 amide bonds. The zero-order valence-electron chi connectivity index (χ0n) is 12.3. The summed E-state index contributed by atoms with van der Waals surface area (Å²) in [6, 6.07) is 4.64. The second kappa shape index (κ2) is 7.49. The quantitative estimate of drug-likeness (QED) is 0.652. The van der Waals surface area contributed by atoms with E-state index in [1.807, 2.05) is 0 Å². The number of benzene rings is 1. The smallest absolute Gasteiger partial charge is 0.253 e. The van der Waals surface area contributed by atoms with Crippen LogP contribution in [0.3, 0.4) is 0 Å². The second-order valence-corrected chi connectivity index (χ2v) is 6.19. The van der Waals surface area contributed by atoms with Crippen molar-refractivity contribution in [3.05, 3.63) is 28.8 Å². The van der Waals surface area contributed by atoms with Gasteiger partial charge in [-0.1, -0.05) is 11.6 Å². The molecule has 2 aliphatic rings. The first-order valence-corrected chi connectivity index (χ1v) is 7.73. The lowest BCUT2D eigenvalue weighted by atomic mass is 10.1. The predicted molar refractivity (Wildman–Crippen MR) is 90.2 cm³/mol. The van der Waals surface area contributed by atoms with Crippen molar-refractivity contribution in [2.24, 2.45) is 0 Å². The van der Waals surface area contributed by atoms with Gasteiger partial charge in [-0.25, -0.2) is 0 Å². The third kappa shape index (κ3) is 4.57. The lowest BCUT2D eigenvalue weighted by Gasteiger charge is -2.13. The molecule has 1 heterocycles. The Bertz CT molecular complexity index is 608. The topological polar surface area (TPSA) is 90.5 Å². The maximum Gasteiger partial charge on any atom is 0.253 e.